The predicted octanol–water partition coefficient (Wildman–Crippen LogP) is 2.86. The maximum Gasteiger partial charge on any atom is 0.254 e. The predicted molar refractivity (Wildman–Crippen MR) is 95.2 cm³/mol. The van der Waals surface area contributed by atoms with E-state index < -0.39 is 0 Å². The highest BCUT2D eigenvalue weighted by atomic mass is 32.1. The van der Waals surface area contributed by atoms with E-state index in [2.05, 4.69) is 36.2 Å². The fourth-order valence-electron chi connectivity index (χ4n) is 3.69. The van der Waals surface area contributed by atoms with Crippen LogP contribution in [0.3, 0.4) is 0 Å². The van der Waals surface area contributed by atoms with Crippen LogP contribution in [0.2, 0.25) is 0 Å². The zero-order valence-corrected chi connectivity index (χ0v) is 14.7. The molecular formula is C19H22N2O2S. The van der Waals surface area contributed by atoms with Gasteiger partial charge in [-0.05, 0) is 30.5 Å². The molecule has 2 fully saturated rings. The summed E-state index contributed by atoms with van der Waals surface area (Å²) >= 11 is 1.56. The minimum atomic E-state index is -0.124. The number of thiophene rings is 1. The summed E-state index contributed by atoms with van der Waals surface area (Å²) in [4.78, 5) is 16.6. The Kier molecular flexibility index (Phi) is 4.16. The number of ether oxygens (including phenoxy) is 1. The fraction of sp³-hybridized carbons (Fsp3) is 0.421. The van der Waals surface area contributed by atoms with Crippen molar-refractivity contribution in [2.45, 2.75) is 24.6 Å². The van der Waals surface area contributed by atoms with Gasteiger partial charge in [-0.1, -0.05) is 30.3 Å². The van der Waals surface area contributed by atoms with Gasteiger partial charge in [-0.3, -0.25) is 9.69 Å². The van der Waals surface area contributed by atoms with E-state index in [9.17, 15) is 4.79 Å². The largest absolute Gasteiger partial charge is 0.370 e. The van der Waals surface area contributed by atoms with Crippen LogP contribution >= 0.6 is 11.3 Å². The number of likely N-dealkylation sites (N-methyl/N-ethyl adjacent to an activating group) is 1. The normalized spacial score (nSPS) is 22.1. The smallest absolute Gasteiger partial charge is 0.254 e. The lowest BCUT2D eigenvalue weighted by Gasteiger charge is -2.47. The number of carbonyl (C=O) groups is 1. The molecule has 0 N–H and O–H groups in total. The van der Waals surface area contributed by atoms with Gasteiger partial charge < -0.3 is 9.64 Å². The molecule has 1 amide bonds. The molecule has 2 saturated heterocycles. The number of nitrogens with zero attached hydrogens (tertiary/aromatic N) is 2. The third-order valence-electron chi connectivity index (χ3n) is 5.10. The molecule has 1 spiro atoms. The second-order valence-electron chi connectivity index (χ2n) is 6.93. The molecule has 5 heteroatoms. The molecule has 1 unspecified atom stereocenters. The van der Waals surface area contributed by atoms with Gasteiger partial charge in [-0.15, -0.1) is 0 Å². The van der Waals surface area contributed by atoms with Crippen LogP contribution in [-0.4, -0.2) is 54.1 Å². The van der Waals surface area contributed by atoms with Crippen molar-refractivity contribution in [2.75, 3.05) is 26.7 Å². The molecule has 1 aromatic heterocycles. The third-order valence-corrected chi connectivity index (χ3v) is 5.78. The summed E-state index contributed by atoms with van der Waals surface area (Å²) in [5.74, 6) is 0.131. The van der Waals surface area contributed by atoms with Crippen LogP contribution in [0.1, 0.15) is 22.3 Å². The molecule has 1 aromatic carbocycles. The molecule has 0 bridgehead atoms. The first-order chi connectivity index (χ1) is 11.7. The van der Waals surface area contributed by atoms with Crippen LogP contribution in [0.5, 0.6) is 0 Å². The van der Waals surface area contributed by atoms with Gasteiger partial charge >= 0.3 is 0 Å². The van der Waals surface area contributed by atoms with Crippen LogP contribution in [0, 0.1) is 0 Å². The van der Waals surface area contributed by atoms with Crippen LogP contribution in [-0.2, 0) is 11.3 Å². The van der Waals surface area contributed by atoms with Gasteiger partial charge in [0.2, 0.25) is 0 Å². The molecule has 24 heavy (non-hydrogen) atoms. The Bertz CT molecular complexity index is 695. The summed E-state index contributed by atoms with van der Waals surface area (Å²) in [6.45, 7) is 3.13. The number of carbonyl (C=O) groups excluding carboxylic acids is 1. The van der Waals surface area contributed by atoms with Gasteiger partial charge in [0.25, 0.3) is 5.91 Å². The molecular weight excluding hydrogens is 320 g/mol. The molecule has 2 aromatic rings. The summed E-state index contributed by atoms with van der Waals surface area (Å²) in [6, 6.07) is 12.8. The van der Waals surface area contributed by atoms with Crippen molar-refractivity contribution < 1.29 is 9.53 Å². The molecule has 4 rings (SSSR count). The summed E-state index contributed by atoms with van der Waals surface area (Å²) in [6.07, 6.45) is 1.00. The van der Waals surface area contributed by atoms with Crippen molar-refractivity contribution in [1.29, 1.82) is 0 Å². The maximum absolute atomic E-state index is 12.4. The fourth-order valence-corrected chi connectivity index (χ4v) is 4.32. The number of amides is 1. The van der Waals surface area contributed by atoms with E-state index in [4.69, 9.17) is 4.74 Å². The summed E-state index contributed by atoms with van der Waals surface area (Å²) in [5.41, 5.74) is 2.00. The molecule has 1 atom stereocenters. The molecule has 0 radical (unpaired) electrons. The van der Waals surface area contributed by atoms with E-state index in [-0.39, 0.29) is 11.5 Å². The molecule has 4 nitrogen and oxygen atoms in total. The van der Waals surface area contributed by atoms with E-state index in [1.165, 1.54) is 5.56 Å². The minimum absolute atomic E-state index is 0.124. The maximum atomic E-state index is 12.4. The van der Waals surface area contributed by atoms with Gasteiger partial charge in [0.05, 0.1) is 25.3 Å². The van der Waals surface area contributed by atoms with E-state index in [1.807, 2.05) is 27.8 Å². The Hall–Kier alpha value is -1.69. The molecule has 126 valence electrons. The number of hydrogen-bond acceptors (Lipinski definition) is 4. The highest BCUT2D eigenvalue weighted by Crippen LogP contribution is 2.37. The van der Waals surface area contributed by atoms with Crippen molar-refractivity contribution >= 4 is 17.2 Å². The second-order valence-corrected chi connectivity index (χ2v) is 7.71. The average Bonchev–Trinajstić information content (AvgIpc) is 3.24. The highest BCUT2D eigenvalue weighted by molar-refractivity contribution is 7.08. The second kappa shape index (κ2) is 6.31. The van der Waals surface area contributed by atoms with E-state index in [1.54, 1.807) is 11.3 Å². The first kappa shape index (κ1) is 15.8. The monoisotopic (exact) mass is 342 g/mol. The zero-order valence-electron chi connectivity index (χ0n) is 13.9. The van der Waals surface area contributed by atoms with Gasteiger partial charge in [0, 0.05) is 18.0 Å². The van der Waals surface area contributed by atoms with Gasteiger partial charge in [0.1, 0.15) is 5.60 Å². The first-order valence-electron chi connectivity index (χ1n) is 8.35. The summed E-state index contributed by atoms with van der Waals surface area (Å²) in [7, 11) is 2.16. The Morgan fingerprint density at radius 1 is 1.33 bits per heavy atom. The first-order valence-corrected chi connectivity index (χ1v) is 9.29. The molecule has 2 aliphatic heterocycles. The summed E-state index contributed by atoms with van der Waals surface area (Å²) in [5, 5.41) is 3.86. The highest BCUT2D eigenvalue weighted by Gasteiger charge is 2.52. The Balaban J connectivity index is 1.32. The van der Waals surface area contributed by atoms with Crippen LogP contribution < -0.4 is 0 Å². The van der Waals surface area contributed by atoms with Gasteiger partial charge in [-0.25, -0.2) is 0 Å². The average molecular weight is 342 g/mol. The topological polar surface area (TPSA) is 32.8 Å². The van der Waals surface area contributed by atoms with Crippen LogP contribution in [0.4, 0.5) is 0 Å². The Morgan fingerprint density at radius 3 is 2.83 bits per heavy atom. The number of likely N-dealkylation sites (tertiary alicyclic amines) is 1. The van der Waals surface area contributed by atoms with Crippen LogP contribution in [0.15, 0.2) is 47.2 Å². The molecule has 0 saturated carbocycles. The van der Waals surface area contributed by atoms with E-state index >= 15 is 0 Å². The number of rotatable bonds is 4. The van der Waals surface area contributed by atoms with Crippen molar-refractivity contribution in [2.24, 2.45) is 0 Å². The molecule has 3 heterocycles. The van der Waals surface area contributed by atoms with Crippen LogP contribution in [0.25, 0.3) is 0 Å². The SMILES string of the molecule is CN(Cc1ccccc1)C1COC2(C1)CN(C(=O)c1ccsc1)C2. The Morgan fingerprint density at radius 2 is 2.12 bits per heavy atom. The zero-order chi connectivity index (χ0) is 16.6. The third kappa shape index (κ3) is 2.99. The lowest BCUT2D eigenvalue weighted by atomic mass is 9.88. The van der Waals surface area contributed by atoms with Crippen molar-refractivity contribution in [3.8, 4) is 0 Å². The quantitative estimate of drug-likeness (QED) is 0.856. The van der Waals surface area contributed by atoms with Crippen molar-refractivity contribution in [1.82, 2.24) is 9.80 Å². The van der Waals surface area contributed by atoms with Gasteiger partial charge in [-0.2, -0.15) is 11.3 Å². The lowest BCUT2D eigenvalue weighted by Crippen LogP contribution is -2.63. The van der Waals surface area contributed by atoms with E-state index in [0.29, 0.717) is 6.04 Å². The van der Waals surface area contributed by atoms with Gasteiger partial charge in [0.15, 0.2) is 0 Å². The molecule has 2 aliphatic rings. The summed E-state index contributed by atoms with van der Waals surface area (Å²) < 4.78 is 6.11. The van der Waals surface area contributed by atoms with Crippen molar-refractivity contribution in [3.63, 3.8) is 0 Å². The Labute approximate surface area is 146 Å². The number of hydrogen-bond donors (Lipinski definition) is 0. The number of benzene rings is 1. The minimum Gasteiger partial charge on any atom is -0.370 e. The van der Waals surface area contributed by atoms with E-state index in [0.717, 1.165) is 38.2 Å². The van der Waals surface area contributed by atoms with Crippen molar-refractivity contribution in [3.05, 3.63) is 58.3 Å². The molecule has 0 aliphatic carbocycles. The lowest BCUT2D eigenvalue weighted by molar-refractivity contribution is -0.0950. The standard InChI is InChI=1S/C19H22N2O2S/c1-20(10-15-5-3-2-4-6-15)17-9-19(23-11-17)13-21(14-19)18(22)16-7-8-24-12-16/h2-8,12,17H,9-11,13-14H2,1H3.